The van der Waals surface area contributed by atoms with E-state index in [2.05, 4.69) is 16.0 Å². The molecule has 0 unspecified atom stereocenters. The first-order valence-corrected chi connectivity index (χ1v) is 14.6. The Morgan fingerprint density at radius 2 is 1.47 bits per heavy atom. The number of benzene rings is 4. The number of carbonyl (C=O) groups excluding carboxylic acids is 3. The molecule has 0 aliphatic heterocycles. The van der Waals surface area contributed by atoms with Gasteiger partial charge in [-0.2, -0.15) is 13.2 Å². The smallest absolute Gasteiger partial charge is 0.351 e. The number of hydrogen-bond acceptors (Lipinski definition) is 4. The van der Waals surface area contributed by atoms with E-state index in [-0.39, 0.29) is 23.6 Å². The van der Waals surface area contributed by atoms with Crippen molar-refractivity contribution in [2.24, 2.45) is 0 Å². The Labute approximate surface area is 251 Å². The molecule has 0 saturated heterocycles. The molecule has 5 rings (SSSR count). The second kappa shape index (κ2) is 13.2. The van der Waals surface area contributed by atoms with Crippen LogP contribution < -0.4 is 16.0 Å². The molecule has 43 heavy (non-hydrogen) atoms. The van der Waals surface area contributed by atoms with Crippen molar-refractivity contribution in [1.29, 1.82) is 0 Å². The van der Waals surface area contributed by atoms with Gasteiger partial charge in [-0.05, 0) is 72.0 Å². The summed E-state index contributed by atoms with van der Waals surface area (Å²) in [5, 5.41) is 8.61. The lowest BCUT2D eigenvalue weighted by Gasteiger charge is -2.19. The van der Waals surface area contributed by atoms with Crippen molar-refractivity contribution >= 4 is 35.2 Å². The molecular weight excluding hydrogens is 575 g/mol. The van der Waals surface area contributed by atoms with Gasteiger partial charge in [0, 0.05) is 22.2 Å². The van der Waals surface area contributed by atoms with Crippen LogP contribution in [0, 0.1) is 0 Å². The monoisotopic (exact) mass is 603 g/mol. The highest BCUT2D eigenvalue weighted by molar-refractivity contribution is 8.00. The van der Waals surface area contributed by atoms with E-state index in [0.29, 0.717) is 27.9 Å². The molecule has 1 fully saturated rings. The van der Waals surface area contributed by atoms with Crippen molar-refractivity contribution in [2.75, 3.05) is 11.1 Å². The Bertz CT molecular complexity index is 1590. The summed E-state index contributed by atoms with van der Waals surface area (Å²) in [6.07, 6.45) is -2.56. The summed E-state index contributed by atoms with van der Waals surface area (Å²) >= 11 is 1.29. The van der Waals surface area contributed by atoms with E-state index < -0.39 is 23.7 Å². The molecule has 220 valence electrons. The Balaban J connectivity index is 1.18. The fourth-order valence-electron chi connectivity index (χ4n) is 4.41. The maximum absolute atomic E-state index is 13.1. The largest absolute Gasteiger partial charge is 0.416 e. The highest BCUT2D eigenvalue weighted by Gasteiger charge is 2.30. The zero-order valence-electron chi connectivity index (χ0n) is 22.9. The van der Waals surface area contributed by atoms with Gasteiger partial charge in [-0.15, -0.1) is 11.8 Å². The maximum atomic E-state index is 13.1. The molecule has 3 amide bonds. The van der Waals surface area contributed by atoms with Crippen molar-refractivity contribution in [3.05, 3.63) is 120 Å². The van der Waals surface area contributed by atoms with Crippen molar-refractivity contribution in [1.82, 2.24) is 10.6 Å². The summed E-state index contributed by atoms with van der Waals surface area (Å²) < 4.78 is 38.9. The van der Waals surface area contributed by atoms with Gasteiger partial charge in [-0.1, -0.05) is 60.7 Å². The molecule has 3 N–H and O–H groups in total. The van der Waals surface area contributed by atoms with E-state index in [1.165, 1.54) is 23.9 Å². The number of hydrogen-bond donors (Lipinski definition) is 3. The van der Waals surface area contributed by atoms with Crippen molar-refractivity contribution in [3.63, 3.8) is 0 Å². The zero-order valence-corrected chi connectivity index (χ0v) is 23.7. The summed E-state index contributed by atoms with van der Waals surface area (Å²) in [4.78, 5) is 39.4. The van der Waals surface area contributed by atoms with Crippen LogP contribution in [0.25, 0.3) is 11.1 Å². The third-order valence-electron chi connectivity index (χ3n) is 6.80. The molecule has 6 nitrogen and oxygen atoms in total. The zero-order chi connectivity index (χ0) is 30.4. The molecule has 0 heterocycles. The molecule has 4 aromatic rings. The lowest BCUT2D eigenvalue weighted by atomic mass is 9.98. The first kappa shape index (κ1) is 29.9. The average molecular weight is 604 g/mol. The van der Waals surface area contributed by atoms with E-state index in [0.717, 1.165) is 29.9 Å². The third-order valence-corrected chi connectivity index (χ3v) is 7.81. The second-order valence-electron chi connectivity index (χ2n) is 10.1. The van der Waals surface area contributed by atoms with Crippen LogP contribution in [0.5, 0.6) is 0 Å². The predicted octanol–water partition coefficient (Wildman–Crippen LogP) is 6.85. The van der Waals surface area contributed by atoms with Gasteiger partial charge in [0.15, 0.2) is 0 Å². The lowest BCUT2D eigenvalue weighted by molar-refractivity contribution is -0.137. The quantitative estimate of drug-likeness (QED) is 0.173. The summed E-state index contributed by atoms with van der Waals surface area (Å²) in [7, 11) is 0. The minimum absolute atomic E-state index is 0.0895. The number of anilines is 1. The minimum Gasteiger partial charge on any atom is -0.351 e. The Morgan fingerprint density at radius 3 is 2.12 bits per heavy atom. The van der Waals surface area contributed by atoms with E-state index in [9.17, 15) is 27.6 Å². The average Bonchev–Trinajstić information content (AvgIpc) is 3.83. The molecule has 1 saturated carbocycles. The predicted molar refractivity (Wildman–Crippen MR) is 160 cm³/mol. The highest BCUT2D eigenvalue weighted by Crippen LogP contribution is 2.32. The van der Waals surface area contributed by atoms with Crippen LogP contribution >= 0.6 is 11.8 Å². The van der Waals surface area contributed by atoms with Gasteiger partial charge in [-0.3, -0.25) is 14.4 Å². The molecule has 1 aliphatic carbocycles. The lowest BCUT2D eigenvalue weighted by Crippen LogP contribution is -2.41. The number of rotatable bonds is 10. The van der Waals surface area contributed by atoms with Gasteiger partial charge in [0.05, 0.1) is 11.3 Å². The van der Waals surface area contributed by atoms with Gasteiger partial charge in [0.1, 0.15) is 6.04 Å². The number of amides is 3. The van der Waals surface area contributed by atoms with Crippen LogP contribution in [-0.2, 0) is 15.8 Å². The van der Waals surface area contributed by atoms with Gasteiger partial charge in [0.25, 0.3) is 5.91 Å². The third kappa shape index (κ3) is 8.04. The SMILES string of the molecule is O=C(CSc1ccc(NC(=O)c2ccccc2-c2ccc(C(F)(F)F)cc2)cc1)N[C@H](C(=O)NC1CC1)c1ccccc1. The molecule has 4 aromatic carbocycles. The van der Waals surface area contributed by atoms with Crippen molar-refractivity contribution in [2.45, 2.75) is 36.0 Å². The Morgan fingerprint density at radius 1 is 0.814 bits per heavy atom. The molecule has 1 atom stereocenters. The molecule has 0 radical (unpaired) electrons. The standard InChI is InChI=1S/C33H28F3N3O3S/c34-33(35,36)23-12-10-21(11-13-23)27-8-4-5-9-28(27)31(41)37-25-16-18-26(19-17-25)43-20-29(40)39-30(22-6-2-1-3-7-22)32(42)38-24-14-15-24/h1-13,16-19,24,30H,14-15,20H2,(H,37,41)(H,38,42)(H,39,40)/t30-/m0/s1. The van der Waals surface area contributed by atoms with Crippen LogP contribution in [0.1, 0.15) is 40.4 Å². The van der Waals surface area contributed by atoms with Crippen molar-refractivity contribution in [3.8, 4) is 11.1 Å². The van der Waals surface area contributed by atoms with E-state index in [4.69, 9.17) is 0 Å². The van der Waals surface area contributed by atoms with E-state index in [1.54, 1.807) is 60.7 Å². The molecular formula is C33H28F3N3O3S. The maximum Gasteiger partial charge on any atom is 0.416 e. The normalized spacial score (nSPS) is 13.6. The van der Waals surface area contributed by atoms with Gasteiger partial charge in [-0.25, -0.2) is 0 Å². The summed E-state index contributed by atoms with van der Waals surface area (Å²) in [5.41, 5.74) is 1.77. The number of alkyl halides is 3. The highest BCUT2D eigenvalue weighted by atomic mass is 32.2. The number of halogens is 3. The number of carbonyl (C=O) groups is 3. The fourth-order valence-corrected chi connectivity index (χ4v) is 5.12. The number of thioether (sulfide) groups is 1. The molecule has 0 bridgehead atoms. The summed E-state index contributed by atoms with van der Waals surface area (Å²) in [5.74, 6) is -0.840. The Kier molecular flexibility index (Phi) is 9.16. The van der Waals surface area contributed by atoms with Crippen LogP contribution in [0.2, 0.25) is 0 Å². The van der Waals surface area contributed by atoms with Crippen LogP contribution in [0.15, 0.2) is 108 Å². The van der Waals surface area contributed by atoms with E-state index in [1.807, 2.05) is 18.2 Å². The second-order valence-corrected chi connectivity index (χ2v) is 11.1. The van der Waals surface area contributed by atoms with Gasteiger partial charge >= 0.3 is 6.18 Å². The number of nitrogens with one attached hydrogen (secondary N) is 3. The van der Waals surface area contributed by atoms with Crippen LogP contribution in [-0.4, -0.2) is 29.5 Å². The van der Waals surface area contributed by atoms with Gasteiger partial charge in [0.2, 0.25) is 11.8 Å². The van der Waals surface area contributed by atoms with Crippen molar-refractivity contribution < 1.29 is 27.6 Å². The molecule has 1 aliphatic rings. The first-order chi connectivity index (χ1) is 20.7. The van der Waals surface area contributed by atoms with E-state index >= 15 is 0 Å². The van der Waals surface area contributed by atoms with Gasteiger partial charge < -0.3 is 16.0 Å². The topological polar surface area (TPSA) is 87.3 Å². The molecule has 0 aromatic heterocycles. The Hall–Kier alpha value is -4.57. The van der Waals surface area contributed by atoms with Crippen LogP contribution in [0.3, 0.4) is 0 Å². The van der Waals surface area contributed by atoms with Crippen LogP contribution in [0.4, 0.5) is 18.9 Å². The first-order valence-electron chi connectivity index (χ1n) is 13.6. The summed E-state index contributed by atoms with van der Waals surface area (Å²) in [6.45, 7) is 0. The minimum atomic E-state index is -4.44. The molecule has 0 spiro atoms. The fraction of sp³-hybridized carbons (Fsp3) is 0.182. The molecule has 10 heteroatoms. The summed E-state index contributed by atoms with van der Waals surface area (Å²) in [6, 6.07) is 26.8.